The molecule has 1 atom stereocenters. The highest BCUT2D eigenvalue weighted by molar-refractivity contribution is 5.96. The van der Waals surface area contributed by atoms with Gasteiger partial charge in [-0.3, -0.25) is 4.98 Å². The molecule has 9 nitrogen and oxygen atoms in total. The van der Waals surface area contributed by atoms with Crippen molar-refractivity contribution in [2.45, 2.75) is 20.0 Å². The van der Waals surface area contributed by atoms with Crippen LogP contribution in [0.1, 0.15) is 12.6 Å². The van der Waals surface area contributed by atoms with Crippen molar-refractivity contribution in [3.63, 3.8) is 0 Å². The number of hydrogen-bond donors (Lipinski definition) is 2. The second-order valence-corrected chi connectivity index (χ2v) is 7.20. The lowest BCUT2D eigenvalue weighted by Gasteiger charge is -2.16. The summed E-state index contributed by atoms with van der Waals surface area (Å²) in [5.74, 6) is 1.39. The van der Waals surface area contributed by atoms with Gasteiger partial charge in [-0.25, -0.2) is 14.8 Å². The molecule has 0 aliphatic rings. The summed E-state index contributed by atoms with van der Waals surface area (Å²) in [6.07, 6.45) is 2.04. The Labute approximate surface area is 190 Å². The summed E-state index contributed by atoms with van der Waals surface area (Å²) in [5.41, 5.74) is 2.19. The molecule has 2 heterocycles. The molecular weight excluding hydrogens is 424 g/mol. The Kier molecular flexibility index (Phi) is 6.21. The van der Waals surface area contributed by atoms with Gasteiger partial charge in [-0.1, -0.05) is 6.07 Å². The van der Waals surface area contributed by atoms with Crippen LogP contribution in [0.25, 0.3) is 10.9 Å². The van der Waals surface area contributed by atoms with Crippen LogP contribution in [0.4, 0.5) is 11.5 Å². The number of benzene rings is 2. The Balaban J connectivity index is 1.65. The largest absolute Gasteiger partial charge is 0.493 e. The quantitative estimate of drug-likeness (QED) is 0.396. The minimum absolute atomic E-state index is 0.365. The van der Waals surface area contributed by atoms with Crippen LogP contribution in [-0.2, 0) is 4.79 Å². The Morgan fingerprint density at radius 2 is 1.88 bits per heavy atom. The normalized spacial score (nSPS) is 11.6. The molecule has 2 aromatic carbocycles. The van der Waals surface area contributed by atoms with Gasteiger partial charge in [-0.05, 0) is 50.2 Å². The van der Waals surface area contributed by atoms with Gasteiger partial charge in [-0.2, -0.15) is 0 Å². The zero-order chi connectivity index (χ0) is 23.4. The third-order valence-electron chi connectivity index (χ3n) is 4.81. The lowest BCUT2D eigenvalue weighted by Crippen LogP contribution is -2.23. The number of anilines is 2. The van der Waals surface area contributed by atoms with Gasteiger partial charge in [0.15, 0.2) is 17.6 Å². The van der Waals surface area contributed by atoms with Crippen molar-refractivity contribution in [1.29, 1.82) is 0 Å². The lowest BCUT2D eigenvalue weighted by molar-refractivity contribution is -0.144. The molecule has 33 heavy (non-hydrogen) atoms. The second-order valence-electron chi connectivity index (χ2n) is 7.20. The van der Waals surface area contributed by atoms with E-state index in [1.807, 2.05) is 25.1 Å². The summed E-state index contributed by atoms with van der Waals surface area (Å²) < 4.78 is 17.0. The predicted octanol–water partition coefficient (Wildman–Crippen LogP) is 4.73. The van der Waals surface area contributed by atoms with Gasteiger partial charge in [0.1, 0.15) is 23.6 Å². The molecule has 0 aliphatic carbocycles. The van der Waals surface area contributed by atoms with E-state index in [-0.39, 0.29) is 0 Å². The maximum absolute atomic E-state index is 11.3. The molecule has 0 fully saturated rings. The van der Waals surface area contributed by atoms with Crippen LogP contribution in [0.5, 0.6) is 23.0 Å². The van der Waals surface area contributed by atoms with E-state index in [2.05, 4.69) is 20.3 Å². The molecule has 0 saturated carbocycles. The van der Waals surface area contributed by atoms with Gasteiger partial charge in [0.05, 0.1) is 24.2 Å². The van der Waals surface area contributed by atoms with E-state index in [1.165, 1.54) is 13.3 Å². The molecule has 168 valence electrons. The molecule has 0 radical (unpaired) electrons. The first kappa shape index (κ1) is 21.8. The minimum atomic E-state index is -1.07. The van der Waals surface area contributed by atoms with E-state index < -0.39 is 12.1 Å². The number of aromatic nitrogens is 3. The number of pyridine rings is 1. The highest BCUT2D eigenvalue weighted by Crippen LogP contribution is 2.36. The number of ether oxygens (including phenoxy) is 3. The first-order valence-electron chi connectivity index (χ1n) is 10.1. The van der Waals surface area contributed by atoms with Crippen molar-refractivity contribution < 1.29 is 24.1 Å². The Morgan fingerprint density at radius 3 is 2.61 bits per heavy atom. The number of hydrogen-bond acceptors (Lipinski definition) is 8. The number of nitrogens with zero attached hydrogens (tertiary/aromatic N) is 3. The van der Waals surface area contributed by atoms with Gasteiger partial charge in [0.25, 0.3) is 0 Å². The molecule has 0 aliphatic heterocycles. The fourth-order valence-electron chi connectivity index (χ4n) is 3.12. The highest BCUT2D eigenvalue weighted by atomic mass is 16.5. The Morgan fingerprint density at radius 1 is 1.03 bits per heavy atom. The lowest BCUT2D eigenvalue weighted by atomic mass is 10.2. The van der Waals surface area contributed by atoms with Crippen LogP contribution in [0.2, 0.25) is 0 Å². The zero-order valence-electron chi connectivity index (χ0n) is 18.3. The van der Waals surface area contributed by atoms with Crippen molar-refractivity contribution in [2.24, 2.45) is 0 Å². The first-order valence-corrected chi connectivity index (χ1v) is 10.1. The summed E-state index contributed by atoms with van der Waals surface area (Å²) in [5, 5.41) is 13.0. The van der Waals surface area contributed by atoms with E-state index >= 15 is 0 Å². The molecule has 9 heteroatoms. The van der Waals surface area contributed by atoms with Gasteiger partial charge in [-0.15, -0.1) is 0 Å². The average Bonchev–Trinajstić information content (AvgIpc) is 2.81. The van der Waals surface area contributed by atoms with E-state index in [4.69, 9.17) is 14.2 Å². The minimum Gasteiger partial charge on any atom is -0.493 e. The SMILES string of the molecule is COc1cc(Nc2ncnc3cccc(O[C@H](C)C(=O)O)c23)ccc1Oc1ccc(C)nc1. The number of aliphatic carboxylic acids is 1. The number of carboxylic acids is 1. The molecule has 0 spiro atoms. The fraction of sp³-hybridized carbons (Fsp3) is 0.167. The van der Waals surface area contributed by atoms with Crippen molar-refractivity contribution in [3.8, 4) is 23.0 Å². The number of aryl methyl sites for hydroxylation is 1. The number of methoxy groups -OCH3 is 1. The standard InChI is InChI=1S/C24H22N4O5/c1-14-7-9-17(12-25-14)33-19-10-8-16(11-21(19)31-3)28-23-22-18(26-13-27-23)5-4-6-20(22)32-15(2)24(29)30/h4-13,15H,1-3H3,(H,29,30)(H,26,27,28)/t15-/m1/s1. The van der Waals surface area contributed by atoms with E-state index in [0.29, 0.717) is 45.4 Å². The van der Waals surface area contributed by atoms with Gasteiger partial charge >= 0.3 is 5.97 Å². The maximum atomic E-state index is 11.3. The third-order valence-corrected chi connectivity index (χ3v) is 4.81. The van der Waals surface area contributed by atoms with E-state index in [1.54, 1.807) is 43.6 Å². The molecule has 2 aromatic heterocycles. The molecule has 0 unspecified atom stereocenters. The molecule has 0 saturated heterocycles. The van der Waals surface area contributed by atoms with Crippen molar-refractivity contribution in [3.05, 3.63) is 66.7 Å². The van der Waals surface area contributed by atoms with Crippen molar-refractivity contribution >= 4 is 28.4 Å². The number of nitrogens with one attached hydrogen (secondary N) is 1. The van der Waals surface area contributed by atoms with E-state index in [9.17, 15) is 9.90 Å². The maximum Gasteiger partial charge on any atom is 0.344 e. The summed E-state index contributed by atoms with van der Waals surface area (Å²) in [7, 11) is 1.55. The predicted molar refractivity (Wildman–Crippen MR) is 123 cm³/mol. The summed E-state index contributed by atoms with van der Waals surface area (Å²) >= 11 is 0. The molecule has 0 bridgehead atoms. The van der Waals surface area contributed by atoms with Gasteiger partial charge in [0, 0.05) is 17.4 Å². The molecule has 4 aromatic rings. The van der Waals surface area contributed by atoms with Crippen LogP contribution in [0.15, 0.2) is 61.1 Å². The first-order chi connectivity index (χ1) is 15.9. The van der Waals surface area contributed by atoms with Crippen LogP contribution in [-0.4, -0.2) is 39.2 Å². The van der Waals surface area contributed by atoms with Crippen molar-refractivity contribution in [1.82, 2.24) is 15.0 Å². The number of carboxylic acid groups (broad SMARTS) is 1. The third kappa shape index (κ3) is 4.93. The smallest absolute Gasteiger partial charge is 0.344 e. The number of rotatable bonds is 8. The molecular formula is C24H22N4O5. The zero-order valence-corrected chi connectivity index (χ0v) is 18.3. The molecule has 4 rings (SSSR count). The highest BCUT2D eigenvalue weighted by Gasteiger charge is 2.17. The van der Waals surface area contributed by atoms with Crippen LogP contribution >= 0.6 is 0 Å². The van der Waals surface area contributed by atoms with Gasteiger partial charge < -0.3 is 24.6 Å². The monoisotopic (exact) mass is 446 g/mol. The molecule has 2 N–H and O–H groups in total. The average molecular weight is 446 g/mol. The number of carbonyl (C=O) groups is 1. The molecule has 0 amide bonds. The Hall–Kier alpha value is -4.40. The fourth-order valence-corrected chi connectivity index (χ4v) is 3.12. The topological polar surface area (TPSA) is 116 Å². The van der Waals surface area contributed by atoms with Crippen LogP contribution in [0, 0.1) is 6.92 Å². The van der Waals surface area contributed by atoms with Crippen molar-refractivity contribution in [2.75, 3.05) is 12.4 Å². The Bertz CT molecular complexity index is 1290. The summed E-state index contributed by atoms with van der Waals surface area (Å²) in [6, 6.07) is 14.3. The summed E-state index contributed by atoms with van der Waals surface area (Å²) in [6.45, 7) is 3.37. The van der Waals surface area contributed by atoms with Crippen LogP contribution < -0.4 is 19.5 Å². The number of fused-ring (bicyclic) bond motifs is 1. The van der Waals surface area contributed by atoms with E-state index in [0.717, 1.165) is 5.69 Å². The van der Waals surface area contributed by atoms with Crippen LogP contribution in [0.3, 0.4) is 0 Å². The summed E-state index contributed by atoms with van der Waals surface area (Å²) in [4.78, 5) is 24.1. The second kappa shape index (κ2) is 9.39. The van der Waals surface area contributed by atoms with Gasteiger partial charge in [0.2, 0.25) is 0 Å².